The van der Waals surface area contributed by atoms with Crippen molar-refractivity contribution < 1.29 is 28.8 Å². The van der Waals surface area contributed by atoms with Gasteiger partial charge >= 0.3 is 0 Å². The van der Waals surface area contributed by atoms with Crippen LogP contribution in [-0.2, 0) is 24.0 Å². The number of nitrogens with one attached hydrogen (secondary N) is 3. The van der Waals surface area contributed by atoms with Gasteiger partial charge in [0.05, 0.1) is 16.3 Å². The smallest absolute Gasteiger partial charge is 0.287 e. The molecule has 2 aliphatic heterocycles. The van der Waals surface area contributed by atoms with Crippen LogP contribution in [-0.4, -0.2) is 96.5 Å². The van der Waals surface area contributed by atoms with E-state index in [4.69, 9.17) is 5.73 Å². The first-order chi connectivity index (χ1) is 22.8. The van der Waals surface area contributed by atoms with E-state index in [1.807, 2.05) is 27.7 Å². The van der Waals surface area contributed by atoms with Gasteiger partial charge in [0.2, 0.25) is 23.5 Å². The van der Waals surface area contributed by atoms with Gasteiger partial charge in [-0.1, -0.05) is 53.4 Å². The molecule has 1 unspecified atom stereocenters. The second kappa shape index (κ2) is 16.5. The number of rotatable bonds is 12. The van der Waals surface area contributed by atoms with E-state index in [-0.39, 0.29) is 24.6 Å². The molecule has 4 atom stereocenters. The fourth-order valence-corrected chi connectivity index (χ4v) is 10.0. The van der Waals surface area contributed by atoms with Crippen molar-refractivity contribution in [1.82, 2.24) is 30.8 Å². The van der Waals surface area contributed by atoms with Crippen LogP contribution in [0.1, 0.15) is 96.0 Å². The first-order valence-electron chi connectivity index (χ1n) is 16.9. The number of nitrogens with two attached hydrogens (primary N) is 1. The molecular formula is C33H49N7O6S2. The van der Waals surface area contributed by atoms with Gasteiger partial charge in [-0.25, -0.2) is 4.98 Å². The summed E-state index contributed by atoms with van der Waals surface area (Å²) in [4.78, 5) is 89.7. The summed E-state index contributed by atoms with van der Waals surface area (Å²) in [6, 6.07) is -3.96. The molecule has 0 radical (unpaired) electrons. The van der Waals surface area contributed by atoms with E-state index < -0.39 is 69.0 Å². The van der Waals surface area contributed by atoms with E-state index >= 15 is 0 Å². The lowest BCUT2D eigenvalue weighted by Crippen LogP contribution is -2.62. The second-order valence-electron chi connectivity index (χ2n) is 14.0. The number of hydrogen-bond donors (Lipinski definition) is 4. The van der Waals surface area contributed by atoms with Gasteiger partial charge in [0.25, 0.3) is 11.8 Å². The number of primary amides is 1. The maximum absolute atomic E-state index is 14.6. The van der Waals surface area contributed by atoms with Crippen molar-refractivity contribution in [3.63, 3.8) is 0 Å². The molecule has 5 amide bonds. The summed E-state index contributed by atoms with van der Waals surface area (Å²) >= 11 is 3.44. The summed E-state index contributed by atoms with van der Waals surface area (Å²) in [6.07, 6.45) is 10.7. The van der Waals surface area contributed by atoms with Crippen LogP contribution in [0.2, 0.25) is 0 Å². The molecule has 5 N–H and O–H groups in total. The van der Waals surface area contributed by atoms with Crippen molar-refractivity contribution in [3.05, 3.63) is 24.3 Å². The Morgan fingerprint density at radius 2 is 1.69 bits per heavy atom. The molecule has 15 heteroatoms. The van der Waals surface area contributed by atoms with Gasteiger partial charge in [0.15, 0.2) is 0 Å². The number of hydrogen-bond acceptors (Lipinski definition) is 10. The minimum atomic E-state index is -1.13. The van der Waals surface area contributed by atoms with Gasteiger partial charge in [0, 0.05) is 25.4 Å². The highest BCUT2D eigenvalue weighted by Gasteiger charge is 2.53. The Bertz CT molecular complexity index is 1350. The Morgan fingerprint density at radius 3 is 2.27 bits per heavy atom. The summed E-state index contributed by atoms with van der Waals surface area (Å²) in [5, 5.41) is 8.58. The van der Waals surface area contributed by atoms with Crippen molar-refractivity contribution >= 4 is 58.8 Å². The number of amides is 5. The zero-order valence-corrected chi connectivity index (χ0v) is 29.9. The third-order valence-electron chi connectivity index (χ3n) is 9.24. The van der Waals surface area contributed by atoms with E-state index in [1.54, 1.807) is 23.5 Å². The molecule has 1 aromatic rings. The molecule has 2 saturated heterocycles. The van der Waals surface area contributed by atoms with Crippen LogP contribution in [0.4, 0.5) is 0 Å². The van der Waals surface area contributed by atoms with Gasteiger partial charge in [-0.2, -0.15) is 0 Å². The predicted octanol–water partition coefficient (Wildman–Crippen LogP) is 2.19. The minimum absolute atomic E-state index is 0.0875. The normalized spacial score (nSPS) is 21.5. The number of carbonyl (C=O) groups excluding carboxylic acids is 6. The molecule has 1 aliphatic carbocycles. The SMILES string of the molecule is CCC[C@H](NC(=O)C1CC2(CN1C(=O)[C@@H](NC(=O)[C@@H](NC(=O)c1cnccn1)C1CCCCC1)C(C)(C)C)SCCCS2)C(=O)C(N)=O. The van der Waals surface area contributed by atoms with Crippen LogP contribution >= 0.6 is 23.5 Å². The van der Waals surface area contributed by atoms with Crippen LogP contribution in [0, 0.1) is 11.3 Å². The molecule has 3 fully saturated rings. The van der Waals surface area contributed by atoms with Crippen LogP contribution in [0.25, 0.3) is 0 Å². The Labute approximate surface area is 290 Å². The first-order valence-corrected chi connectivity index (χ1v) is 18.8. The maximum Gasteiger partial charge on any atom is 0.287 e. The molecule has 1 spiro atoms. The number of carbonyl (C=O) groups is 6. The van der Waals surface area contributed by atoms with Crippen LogP contribution in [0.3, 0.4) is 0 Å². The Morgan fingerprint density at radius 1 is 1.00 bits per heavy atom. The van der Waals surface area contributed by atoms with E-state index in [2.05, 4.69) is 25.9 Å². The fourth-order valence-electron chi connectivity index (χ4n) is 6.67. The highest BCUT2D eigenvalue weighted by Crippen LogP contribution is 2.50. The minimum Gasteiger partial charge on any atom is -0.363 e. The fraction of sp³-hybridized carbons (Fsp3) is 0.697. The molecule has 0 aromatic carbocycles. The monoisotopic (exact) mass is 703 g/mol. The standard InChI is InChI=1S/C33H49N7O6S2/c1-5-10-21(25(41)27(34)42)37-29(44)23-17-33(47-15-9-16-48-33)19-40(23)31(46)26(32(2,3)4)39-30(45)24(20-11-7-6-8-12-20)38-28(43)22-18-35-13-14-36-22/h13-14,18,20-21,23-24,26H,5-12,15-17,19H2,1-4H3,(H2,34,42)(H,37,44)(H,38,43)(H,39,45)/t21-,23?,24-,26+/m0/s1. The molecule has 1 aromatic heterocycles. The van der Waals surface area contributed by atoms with Crippen molar-refractivity contribution in [1.29, 1.82) is 0 Å². The Hall–Kier alpha value is -3.20. The number of nitrogens with zero attached hydrogens (tertiary/aromatic N) is 3. The molecule has 1 saturated carbocycles. The molecule has 13 nitrogen and oxygen atoms in total. The molecule has 3 heterocycles. The second-order valence-corrected chi connectivity index (χ2v) is 17.2. The van der Waals surface area contributed by atoms with Crippen LogP contribution < -0.4 is 21.7 Å². The van der Waals surface area contributed by atoms with Crippen LogP contribution in [0.5, 0.6) is 0 Å². The van der Waals surface area contributed by atoms with Crippen molar-refractivity contribution in [3.8, 4) is 0 Å². The van der Waals surface area contributed by atoms with Crippen LogP contribution in [0.15, 0.2) is 18.6 Å². The zero-order valence-electron chi connectivity index (χ0n) is 28.3. The highest BCUT2D eigenvalue weighted by atomic mass is 32.2. The van der Waals surface area contributed by atoms with Gasteiger partial charge < -0.3 is 26.6 Å². The van der Waals surface area contributed by atoms with E-state index in [1.165, 1.54) is 23.5 Å². The number of Topliss-reactive ketones (excluding diaryl/α,β-unsaturated/α-hetero) is 1. The average molecular weight is 704 g/mol. The Balaban J connectivity index is 1.61. The van der Waals surface area contributed by atoms with Crippen molar-refractivity contribution in [2.45, 2.75) is 114 Å². The van der Waals surface area contributed by atoms with E-state index in [0.29, 0.717) is 12.8 Å². The lowest BCUT2D eigenvalue weighted by Gasteiger charge is -2.38. The number of ketones is 1. The Kier molecular flexibility index (Phi) is 12.9. The molecular weight excluding hydrogens is 655 g/mol. The van der Waals surface area contributed by atoms with Gasteiger partial charge in [-0.05, 0) is 48.5 Å². The lowest BCUT2D eigenvalue weighted by molar-refractivity contribution is -0.145. The van der Waals surface area contributed by atoms with Gasteiger partial charge in [0.1, 0.15) is 23.8 Å². The molecule has 3 aliphatic rings. The number of thioether (sulfide) groups is 2. The summed E-state index contributed by atoms with van der Waals surface area (Å²) in [5.41, 5.74) is 4.59. The first kappa shape index (κ1) is 37.6. The molecule has 4 rings (SSSR count). The highest BCUT2D eigenvalue weighted by molar-refractivity contribution is 8.18. The van der Waals surface area contributed by atoms with Crippen molar-refractivity contribution in [2.75, 3.05) is 18.1 Å². The number of likely N-dealkylation sites (tertiary alicyclic amines) is 1. The zero-order chi connectivity index (χ0) is 35.1. The summed E-state index contributed by atoms with van der Waals surface area (Å²) in [6.45, 7) is 7.64. The summed E-state index contributed by atoms with van der Waals surface area (Å²) in [5.74, 6) is -2.32. The summed E-state index contributed by atoms with van der Waals surface area (Å²) in [7, 11) is 0. The quantitative estimate of drug-likeness (QED) is 0.235. The maximum atomic E-state index is 14.6. The van der Waals surface area contributed by atoms with Gasteiger partial charge in [-0.3, -0.25) is 33.8 Å². The molecule has 48 heavy (non-hydrogen) atoms. The topological polar surface area (TPSA) is 194 Å². The number of aromatic nitrogens is 2. The predicted molar refractivity (Wildman–Crippen MR) is 185 cm³/mol. The van der Waals surface area contributed by atoms with E-state index in [0.717, 1.165) is 50.0 Å². The van der Waals surface area contributed by atoms with Crippen molar-refractivity contribution in [2.24, 2.45) is 17.1 Å². The summed E-state index contributed by atoms with van der Waals surface area (Å²) < 4.78 is -0.425. The van der Waals surface area contributed by atoms with Gasteiger partial charge in [-0.15, -0.1) is 23.5 Å². The average Bonchev–Trinajstić information content (AvgIpc) is 3.44. The third kappa shape index (κ3) is 9.27. The molecule has 0 bridgehead atoms. The third-order valence-corrected chi connectivity index (χ3v) is 12.6. The molecule has 264 valence electrons. The lowest BCUT2D eigenvalue weighted by atomic mass is 9.82. The largest absolute Gasteiger partial charge is 0.363 e. The van der Waals surface area contributed by atoms with E-state index in [9.17, 15) is 28.8 Å².